The van der Waals surface area contributed by atoms with E-state index in [0.29, 0.717) is 25.7 Å². The zero-order chi connectivity index (χ0) is 82.6. The lowest BCUT2D eigenvalue weighted by atomic mass is 10.0. The highest BCUT2D eigenvalue weighted by atomic mass is 31.2. The molecule has 3 N–H and O–H groups in total. The van der Waals surface area contributed by atoms with Crippen LogP contribution in [-0.2, 0) is 65.4 Å². The summed E-state index contributed by atoms with van der Waals surface area (Å²) in [5.74, 6) is -1.26. The lowest BCUT2D eigenvalue weighted by molar-refractivity contribution is -0.161. The molecule has 19 heteroatoms. The second-order valence-corrected chi connectivity index (χ2v) is 37.1. The molecule has 17 nitrogen and oxygen atoms in total. The first kappa shape index (κ1) is 111. The first-order valence-corrected chi connectivity index (χ1v) is 51.6. The molecule has 0 bridgehead atoms. The maximum Gasteiger partial charge on any atom is 0.472 e. The second-order valence-electron chi connectivity index (χ2n) is 34.2. The summed E-state index contributed by atoms with van der Waals surface area (Å²) < 4.78 is 69.2. The minimum atomic E-state index is -4.97. The van der Waals surface area contributed by atoms with E-state index >= 15 is 0 Å². The van der Waals surface area contributed by atoms with Crippen LogP contribution in [0.3, 0.4) is 0 Å². The molecule has 0 amide bonds. The Balaban J connectivity index is 5.24. The second kappa shape index (κ2) is 86.4. The number of aliphatic hydroxyl groups is 1. The quantitative estimate of drug-likeness (QED) is 0.0222. The lowest BCUT2D eigenvalue weighted by Crippen LogP contribution is -2.30. The predicted molar refractivity (Wildman–Crippen MR) is 469 cm³/mol. The van der Waals surface area contributed by atoms with E-state index in [9.17, 15) is 43.2 Å². The fourth-order valence-corrected chi connectivity index (χ4v) is 16.5. The number of aliphatic hydroxyl groups excluding tert-OH is 1. The molecule has 0 aromatic rings. The van der Waals surface area contributed by atoms with Gasteiger partial charge < -0.3 is 33.8 Å². The molecule has 2 unspecified atom stereocenters. The number of hydrogen-bond donors (Lipinski definition) is 3. The Hall–Kier alpha value is -1.94. The van der Waals surface area contributed by atoms with Gasteiger partial charge >= 0.3 is 39.5 Å². The smallest absolute Gasteiger partial charge is 0.462 e. The highest BCUT2D eigenvalue weighted by Crippen LogP contribution is 2.45. The Bertz CT molecular complexity index is 2140. The van der Waals surface area contributed by atoms with Crippen molar-refractivity contribution in [3.63, 3.8) is 0 Å². The van der Waals surface area contributed by atoms with Gasteiger partial charge in [-0.2, -0.15) is 0 Å². The monoisotopic (exact) mass is 1650 g/mol. The van der Waals surface area contributed by atoms with Crippen molar-refractivity contribution in [3.8, 4) is 0 Å². The number of carbonyl (C=O) groups is 4. The van der Waals surface area contributed by atoms with Gasteiger partial charge in [-0.3, -0.25) is 37.3 Å². The van der Waals surface area contributed by atoms with Crippen LogP contribution >= 0.6 is 15.6 Å². The third kappa shape index (κ3) is 87.7. The van der Waals surface area contributed by atoms with Crippen molar-refractivity contribution in [1.29, 1.82) is 0 Å². The van der Waals surface area contributed by atoms with Crippen molar-refractivity contribution in [2.75, 3.05) is 39.6 Å². The van der Waals surface area contributed by atoms with Crippen LogP contribution in [-0.4, -0.2) is 96.7 Å². The van der Waals surface area contributed by atoms with E-state index < -0.39 is 97.5 Å². The van der Waals surface area contributed by atoms with Crippen molar-refractivity contribution in [3.05, 3.63) is 0 Å². The number of rotatable bonds is 94. The molecular formula is C94H184O17P2. The van der Waals surface area contributed by atoms with Gasteiger partial charge in [-0.15, -0.1) is 0 Å². The molecule has 0 aliphatic rings. The number of carbonyl (C=O) groups excluding carboxylic acids is 4. The van der Waals surface area contributed by atoms with Crippen molar-refractivity contribution in [1.82, 2.24) is 0 Å². The molecule has 0 aromatic carbocycles. The van der Waals surface area contributed by atoms with Gasteiger partial charge in [0.15, 0.2) is 12.2 Å². The maximum atomic E-state index is 13.2. The van der Waals surface area contributed by atoms with Gasteiger partial charge in [0.2, 0.25) is 0 Å². The molecule has 0 rings (SSSR count). The summed E-state index contributed by atoms with van der Waals surface area (Å²) in [6.45, 7) is 7.46. The van der Waals surface area contributed by atoms with Gasteiger partial charge in [0.05, 0.1) is 26.4 Å². The van der Waals surface area contributed by atoms with Crippen LogP contribution in [0.2, 0.25) is 0 Å². The van der Waals surface area contributed by atoms with Gasteiger partial charge in [0.25, 0.3) is 0 Å². The Kier molecular flexibility index (Phi) is 85.0. The van der Waals surface area contributed by atoms with Gasteiger partial charge in [-0.05, 0) is 31.6 Å². The normalized spacial score (nSPS) is 13.6. The third-order valence-electron chi connectivity index (χ3n) is 22.3. The molecule has 672 valence electrons. The molecule has 0 aliphatic heterocycles. The summed E-state index contributed by atoms with van der Waals surface area (Å²) in [6.07, 6.45) is 83.4. The number of esters is 4. The zero-order valence-electron chi connectivity index (χ0n) is 74.5. The largest absolute Gasteiger partial charge is 0.472 e. The zero-order valence-corrected chi connectivity index (χ0v) is 76.3. The van der Waals surface area contributed by atoms with E-state index in [1.54, 1.807) is 0 Å². The number of hydrogen-bond acceptors (Lipinski definition) is 15. The summed E-state index contributed by atoms with van der Waals surface area (Å²) in [4.78, 5) is 73.5. The Morgan fingerprint density at radius 1 is 0.239 bits per heavy atom. The fraction of sp³-hybridized carbons (Fsp3) is 0.957. The van der Waals surface area contributed by atoms with E-state index in [4.69, 9.17) is 37.0 Å². The van der Waals surface area contributed by atoms with Crippen LogP contribution in [0, 0.1) is 5.92 Å². The summed E-state index contributed by atoms with van der Waals surface area (Å²) in [6, 6.07) is 0. The van der Waals surface area contributed by atoms with Crippen molar-refractivity contribution in [2.45, 2.75) is 534 Å². The number of phosphoric ester groups is 2. The van der Waals surface area contributed by atoms with Crippen molar-refractivity contribution in [2.24, 2.45) is 5.92 Å². The molecule has 5 atom stereocenters. The average Bonchev–Trinajstić information content (AvgIpc) is 0.871. The standard InChI is InChI=1S/C94H184O17P2/c1-6-9-12-15-18-21-24-27-29-31-32-33-34-35-41-45-50-55-60-65-70-75-80-94(99)111-90(84-105-92(97)78-73-68-63-58-53-48-43-40-37-36-39-42-47-51-56-61-66-71-76-87(4)5)86-109-113(102,103)107-82-88(95)81-106-112(100,101)108-85-89(83-104-91(96)77-72-67-62-57-52-46-26-23-20-17-14-11-8-3)110-93(98)79-74-69-64-59-54-49-44-38-30-28-25-22-19-16-13-10-7-2/h87-90,95H,6-86H2,1-5H3,(H,100,101)(H,102,103)/t88-,89+,90+/m0/s1. The molecule has 0 aliphatic carbocycles. The average molecular weight is 1650 g/mol. The van der Waals surface area contributed by atoms with E-state index in [2.05, 4.69) is 34.6 Å². The number of unbranched alkanes of at least 4 members (excludes halogenated alkanes) is 66. The summed E-state index contributed by atoms with van der Waals surface area (Å²) >= 11 is 0. The van der Waals surface area contributed by atoms with E-state index in [-0.39, 0.29) is 25.7 Å². The summed E-state index contributed by atoms with van der Waals surface area (Å²) in [7, 11) is -9.94. The maximum absolute atomic E-state index is 13.2. The van der Waals surface area contributed by atoms with Gasteiger partial charge in [-0.1, -0.05) is 465 Å². The summed E-state index contributed by atoms with van der Waals surface area (Å²) in [5.41, 5.74) is 0. The van der Waals surface area contributed by atoms with Crippen LogP contribution in [0.5, 0.6) is 0 Å². The van der Waals surface area contributed by atoms with Crippen LogP contribution in [0.25, 0.3) is 0 Å². The highest BCUT2D eigenvalue weighted by Gasteiger charge is 2.31. The topological polar surface area (TPSA) is 237 Å². The summed E-state index contributed by atoms with van der Waals surface area (Å²) in [5, 5.41) is 10.7. The van der Waals surface area contributed by atoms with E-state index in [1.807, 2.05) is 0 Å². The molecule has 0 radical (unpaired) electrons. The van der Waals surface area contributed by atoms with E-state index in [0.717, 1.165) is 95.8 Å². The molecule has 0 saturated carbocycles. The van der Waals surface area contributed by atoms with Crippen LogP contribution in [0.15, 0.2) is 0 Å². The Morgan fingerprint density at radius 3 is 0.602 bits per heavy atom. The Morgan fingerprint density at radius 2 is 0.407 bits per heavy atom. The van der Waals surface area contributed by atoms with Crippen molar-refractivity contribution >= 4 is 39.5 Å². The fourth-order valence-electron chi connectivity index (χ4n) is 14.9. The van der Waals surface area contributed by atoms with Crippen LogP contribution in [0.4, 0.5) is 0 Å². The molecule has 0 saturated heterocycles. The first-order chi connectivity index (χ1) is 55.0. The van der Waals surface area contributed by atoms with Crippen molar-refractivity contribution < 1.29 is 80.2 Å². The molecule has 0 fully saturated rings. The van der Waals surface area contributed by atoms with Gasteiger partial charge in [-0.25, -0.2) is 9.13 Å². The van der Waals surface area contributed by atoms with Crippen LogP contribution < -0.4 is 0 Å². The van der Waals surface area contributed by atoms with Crippen LogP contribution in [0.1, 0.15) is 516 Å². The van der Waals surface area contributed by atoms with Gasteiger partial charge in [0, 0.05) is 25.7 Å². The number of ether oxygens (including phenoxy) is 4. The first-order valence-electron chi connectivity index (χ1n) is 48.6. The van der Waals surface area contributed by atoms with Gasteiger partial charge in [0.1, 0.15) is 19.3 Å². The minimum Gasteiger partial charge on any atom is -0.462 e. The predicted octanol–water partition coefficient (Wildman–Crippen LogP) is 29.5. The highest BCUT2D eigenvalue weighted by molar-refractivity contribution is 7.47. The number of phosphoric acid groups is 2. The molecule has 0 spiro atoms. The molecular weight excluding hydrogens is 1460 g/mol. The minimum absolute atomic E-state index is 0.110. The SMILES string of the molecule is CCCCCCCCCCCCCCCCCCCCCCCCC(=O)O[C@H](COC(=O)CCCCCCCCCCCCCCCCCCCCC(C)C)COP(=O)(O)OC[C@@H](O)COP(=O)(O)OC[C@@H](COC(=O)CCCCCCCCCCCCCCC)OC(=O)CCCCCCCCCCCCCCCCCCC. The van der Waals surface area contributed by atoms with E-state index in [1.165, 1.54) is 340 Å². The molecule has 113 heavy (non-hydrogen) atoms. The Labute approximate surface area is 696 Å². The molecule has 0 heterocycles. The lowest BCUT2D eigenvalue weighted by Gasteiger charge is -2.21. The third-order valence-corrected chi connectivity index (χ3v) is 24.2. The molecule has 0 aromatic heterocycles.